The monoisotopic (exact) mass is 321 g/mol. The third-order valence-electron chi connectivity index (χ3n) is 3.34. The summed E-state index contributed by atoms with van der Waals surface area (Å²) >= 11 is 0. The van der Waals surface area contributed by atoms with Gasteiger partial charge in [0.2, 0.25) is 0 Å². The van der Waals surface area contributed by atoms with E-state index in [1.165, 1.54) is 0 Å². The van der Waals surface area contributed by atoms with Crippen molar-refractivity contribution in [2.45, 2.75) is 0 Å². The number of para-hydroxylation sites is 5. The van der Waals surface area contributed by atoms with Crippen molar-refractivity contribution in [3.8, 4) is 23.0 Å². The molecule has 0 atom stereocenters. The molecule has 3 aromatic rings. The predicted molar refractivity (Wildman–Crippen MR) is 94.8 cm³/mol. The van der Waals surface area contributed by atoms with E-state index in [0.29, 0.717) is 36.1 Å². The van der Waals surface area contributed by atoms with Gasteiger partial charge >= 0.3 is 0 Å². The largest absolute Gasteiger partial charge is 0.488 e. The number of nitrogens with two attached hydrogens (primary N) is 1. The van der Waals surface area contributed by atoms with Crippen molar-refractivity contribution in [2.75, 3.05) is 18.9 Å². The van der Waals surface area contributed by atoms with Crippen molar-refractivity contribution in [3.63, 3.8) is 0 Å². The summed E-state index contributed by atoms with van der Waals surface area (Å²) in [6.45, 7) is 0.789. The van der Waals surface area contributed by atoms with E-state index in [1.807, 2.05) is 72.8 Å². The first-order valence-corrected chi connectivity index (χ1v) is 7.75. The lowest BCUT2D eigenvalue weighted by Gasteiger charge is -2.13. The summed E-state index contributed by atoms with van der Waals surface area (Å²) in [5, 5.41) is 0. The molecule has 0 aliphatic carbocycles. The van der Waals surface area contributed by atoms with E-state index in [1.54, 1.807) is 6.07 Å². The van der Waals surface area contributed by atoms with Crippen LogP contribution in [0, 0.1) is 0 Å². The molecule has 0 bridgehead atoms. The zero-order chi connectivity index (χ0) is 16.6. The van der Waals surface area contributed by atoms with E-state index in [2.05, 4.69) is 0 Å². The summed E-state index contributed by atoms with van der Waals surface area (Å²) in [6.07, 6.45) is 0. The molecular formula is C20H19NO3. The Balaban J connectivity index is 1.57. The van der Waals surface area contributed by atoms with E-state index in [-0.39, 0.29) is 0 Å². The first-order valence-electron chi connectivity index (χ1n) is 7.75. The van der Waals surface area contributed by atoms with Gasteiger partial charge in [-0.15, -0.1) is 0 Å². The number of nitrogen functional groups attached to an aromatic ring is 1. The Morgan fingerprint density at radius 1 is 0.583 bits per heavy atom. The zero-order valence-electron chi connectivity index (χ0n) is 13.2. The van der Waals surface area contributed by atoms with Crippen LogP contribution in [-0.2, 0) is 0 Å². The van der Waals surface area contributed by atoms with Crippen molar-refractivity contribution >= 4 is 5.69 Å². The van der Waals surface area contributed by atoms with Crippen molar-refractivity contribution in [3.05, 3.63) is 78.9 Å². The molecule has 4 nitrogen and oxygen atoms in total. The van der Waals surface area contributed by atoms with Gasteiger partial charge in [0.1, 0.15) is 24.7 Å². The summed E-state index contributed by atoms with van der Waals surface area (Å²) in [5.41, 5.74) is 6.45. The maximum atomic E-state index is 5.86. The van der Waals surface area contributed by atoms with Crippen LogP contribution in [0.2, 0.25) is 0 Å². The molecule has 24 heavy (non-hydrogen) atoms. The maximum Gasteiger partial charge on any atom is 0.169 e. The molecule has 3 rings (SSSR count). The first kappa shape index (κ1) is 15.7. The standard InChI is InChI=1S/C20H19NO3/c21-17-10-4-5-11-18(17)22-14-15-23-19-12-6-7-13-20(19)24-16-8-2-1-3-9-16/h1-13H,14-15,21H2. The molecule has 0 radical (unpaired) electrons. The van der Waals surface area contributed by atoms with Crippen molar-refractivity contribution in [1.29, 1.82) is 0 Å². The van der Waals surface area contributed by atoms with Crippen LogP contribution >= 0.6 is 0 Å². The molecule has 0 saturated carbocycles. The van der Waals surface area contributed by atoms with E-state index in [9.17, 15) is 0 Å². The summed E-state index contributed by atoms with van der Waals surface area (Å²) in [7, 11) is 0. The van der Waals surface area contributed by atoms with Crippen LogP contribution < -0.4 is 19.9 Å². The lowest BCUT2D eigenvalue weighted by Crippen LogP contribution is -2.10. The molecular weight excluding hydrogens is 302 g/mol. The van der Waals surface area contributed by atoms with Gasteiger partial charge in [0.25, 0.3) is 0 Å². The Morgan fingerprint density at radius 2 is 1.12 bits per heavy atom. The molecule has 0 saturated heterocycles. The van der Waals surface area contributed by atoms with Gasteiger partial charge in [-0.05, 0) is 36.4 Å². The highest BCUT2D eigenvalue weighted by molar-refractivity contribution is 5.51. The Kier molecular flexibility index (Phi) is 5.20. The minimum absolute atomic E-state index is 0.392. The number of ether oxygens (including phenoxy) is 3. The van der Waals surface area contributed by atoms with Crippen LogP contribution in [0.15, 0.2) is 78.9 Å². The minimum Gasteiger partial charge on any atom is -0.488 e. The van der Waals surface area contributed by atoms with Crippen LogP contribution in [0.5, 0.6) is 23.0 Å². The average Bonchev–Trinajstić information content (AvgIpc) is 2.62. The van der Waals surface area contributed by atoms with Crippen LogP contribution in [0.25, 0.3) is 0 Å². The van der Waals surface area contributed by atoms with Crippen LogP contribution in [-0.4, -0.2) is 13.2 Å². The third kappa shape index (κ3) is 4.20. The fraction of sp³-hybridized carbons (Fsp3) is 0.100. The second-order valence-corrected chi connectivity index (χ2v) is 5.10. The van der Waals surface area contributed by atoms with Crippen molar-refractivity contribution < 1.29 is 14.2 Å². The Bertz CT molecular complexity index is 775. The topological polar surface area (TPSA) is 53.7 Å². The SMILES string of the molecule is Nc1ccccc1OCCOc1ccccc1Oc1ccccc1. The molecule has 122 valence electrons. The fourth-order valence-corrected chi connectivity index (χ4v) is 2.18. The molecule has 0 aliphatic rings. The second kappa shape index (κ2) is 7.92. The Labute approximate surface area is 141 Å². The maximum absolute atomic E-state index is 5.86. The van der Waals surface area contributed by atoms with Crippen molar-refractivity contribution in [2.24, 2.45) is 0 Å². The summed E-state index contributed by atoms with van der Waals surface area (Å²) in [4.78, 5) is 0. The lowest BCUT2D eigenvalue weighted by atomic mass is 10.3. The van der Waals surface area contributed by atoms with Crippen LogP contribution in [0.4, 0.5) is 5.69 Å². The van der Waals surface area contributed by atoms with Gasteiger partial charge in [-0.25, -0.2) is 0 Å². The summed E-state index contributed by atoms with van der Waals surface area (Å²) in [5.74, 6) is 2.77. The van der Waals surface area contributed by atoms with Crippen molar-refractivity contribution in [1.82, 2.24) is 0 Å². The number of hydrogen-bond donors (Lipinski definition) is 1. The quantitative estimate of drug-likeness (QED) is 0.513. The molecule has 3 aromatic carbocycles. The predicted octanol–water partition coefficient (Wildman–Crippen LogP) is 4.52. The lowest BCUT2D eigenvalue weighted by molar-refractivity contribution is 0.213. The molecule has 0 aliphatic heterocycles. The number of anilines is 1. The van der Waals surface area contributed by atoms with Gasteiger partial charge in [0.05, 0.1) is 5.69 Å². The molecule has 0 unspecified atom stereocenters. The first-order chi connectivity index (χ1) is 11.8. The van der Waals surface area contributed by atoms with Gasteiger partial charge in [-0.2, -0.15) is 0 Å². The second-order valence-electron chi connectivity index (χ2n) is 5.10. The van der Waals surface area contributed by atoms with Gasteiger partial charge in [0, 0.05) is 0 Å². The average molecular weight is 321 g/mol. The Morgan fingerprint density at radius 3 is 1.83 bits per heavy atom. The van der Waals surface area contributed by atoms with E-state index < -0.39 is 0 Å². The fourth-order valence-electron chi connectivity index (χ4n) is 2.18. The normalized spacial score (nSPS) is 10.2. The molecule has 4 heteroatoms. The molecule has 0 spiro atoms. The Hall–Kier alpha value is -3.14. The highest BCUT2D eigenvalue weighted by Crippen LogP contribution is 2.31. The third-order valence-corrected chi connectivity index (χ3v) is 3.34. The smallest absolute Gasteiger partial charge is 0.169 e. The van der Waals surface area contributed by atoms with Crippen LogP contribution in [0.1, 0.15) is 0 Å². The van der Waals surface area contributed by atoms with E-state index >= 15 is 0 Å². The van der Waals surface area contributed by atoms with E-state index in [4.69, 9.17) is 19.9 Å². The zero-order valence-corrected chi connectivity index (χ0v) is 13.2. The molecule has 0 aromatic heterocycles. The van der Waals surface area contributed by atoms with E-state index in [0.717, 1.165) is 5.75 Å². The summed E-state index contributed by atoms with van der Waals surface area (Å²) < 4.78 is 17.3. The number of rotatable bonds is 7. The molecule has 0 fully saturated rings. The van der Waals surface area contributed by atoms with Gasteiger partial charge in [-0.3, -0.25) is 0 Å². The number of benzene rings is 3. The highest BCUT2D eigenvalue weighted by Gasteiger charge is 2.06. The summed E-state index contributed by atoms with van der Waals surface area (Å²) in [6, 6.07) is 24.6. The highest BCUT2D eigenvalue weighted by atomic mass is 16.5. The molecule has 0 amide bonds. The van der Waals surface area contributed by atoms with Gasteiger partial charge in [0.15, 0.2) is 11.5 Å². The minimum atomic E-state index is 0.392. The van der Waals surface area contributed by atoms with Gasteiger partial charge in [-0.1, -0.05) is 42.5 Å². The van der Waals surface area contributed by atoms with Gasteiger partial charge < -0.3 is 19.9 Å². The number of hydrogen-bond acceptors (Lipinski definition) is 4. The van der Waals surface area contributed by atoms with Crippen LogP contribution in [0.3, 0.4) is 0 Å². The molecule has 2 N–H and O–H groups in total. The molecule has 0 heterocycles.